The molecule has 2 atom stereocenters. The van der Waals surface area contributed by atoms with Crippen molar-refractivity contribution in [2.75, 3.05) is 13.1 Å². The van der Waals surface area contributed by atoms with E-state index in [2.05, 4.69) is 9.97 Å². The number of amides is 2. The Balaban J connectivity index is 1.49. The first-order valence-corrected chi connectivity index (χ1v) is 8.29. The van der Waals surface area contributed by atoms with Gasteiger partial charge in [-0.05, 0) is 31.0 Å². The summed E-state index contributed by atoms with van der Waals surface area (Å²) in [4.78, 5) is 36.0. The molecule has 0 unspecified atom stereocenters. The molecule has 2 aliphatic heterocycles. The first-order valence-electron chi connectivity index (χ1n) is 7.91. The molecule has 2 aliphatic rings. The number of halogens is 1. The minimum Gasteiger partial charge on any atom is -0.356 e. The molecule has 0 spiro atoms. The molecule has 0 aromatic carbocycles. The SMILES string of the molecule is Cc1ccncc1C(=O)N1C[C@@H]2C[C@H]1CN2C(=O)c1cc(Cl)c[nH]1. The van der Waals surface area contributed by atoms with Crippen LogP contribution in [0.4, 0.5) is 0 Å². The number of rotatable bonds is 2. The molecule has 124 valence electrons. The fourth-order valence-electron chi connectivity index (χ4n) is 3.65. The third kappa shape index (κ3) is 2.38. The van der Waals surface area contributed by atoms with Crippen molar-refractivity contribution in [3.8, 4) is 0 Å². The molecule has 4 heterocycles. The topological polar surface area (TPSA) is 69.3 Å². The number of likely N-dealkylation sites (tertiary alicyclic amines) is 2. The van der Waals surface area contributed by atoms with E-state index < -0.39 is 0 Å². The van der Waals surface area contributed by atoms with Gasteiger partial charge in [0.25, 0.3) is 11.8 Å². The van der Waals surface area contributed by atoms with Gasteiger partial charge in [0.15, 0.2) is 0 Å². The van der Waals surface area contributed by atoms with Crippen LogP contribution in [0, 0.1) is 6.92 Å². The fourth-order valence-corrected chi connectivity index (χ4v) is 3.82. The van der Waals surface area contributed by atoms with E-state index in [4.69, 9.17) is 11.6 Å². The van der Waals surface area contributed by atoms with E-state index in [9.17, 15) is 9.59 Å². The molecule has 7 heteroatoms. The van der Waals surface area contributed by atoms with Crippen molar-refractivity contribution in [1.29, 1.82) is 0 Å². The monoisotopic (exact) mass is 344 g/mol. The van der Waals surface area contributed by atoms with Gasteiger partial charge in [0.2, 0.25) is 0 Å². The van der Waals surface area contributed by atoms with Crippen LogP contribution in [0.5, 0.6) is 0 Å². The summed E-state index contributed by atoms with van der Waals surface area (Å²) in [5.41, 5.74) is 2.05. The largest absolute Gasteiger partial charge is 0.356 e. The number of piperazine rings is 1. The lowest BCUT2D eigenvalue weighted by Gasteiger charge is -2.34. The zero-order valence-corrected chi connectivity index (χ0v) is 14.0. The molecule has 2 saturated heterocycles. The lowest BCUT2D eigenvalue weighted by molar-refractivity contribution is 0.0523. The lowest BCUT2D eigenvalue weighted by Crippen LogP contribution is -2.50. The van der Waals surface area contributed by atoms with Crippen molar-refractivity contribution in [2.45, 2.75) is 25.4 Å². The maximum Gasteiger partial charge on any atom is 0.270 e. The van der Waals surface area contributed by atoms with Crippen LogP contribution in [0.2, 0.25) is 5.02 Å². The Kier molecular flexibility index (Phi) is 3.57. The third-order valence-corrected chi connectivity index (χ3v) is 5.13. The van der Waals surface area contributed by atoms with Gasteiger partial charge in [-0.15, -0.1) is 0 Å². The van der Waals surface area contributed by atoms with Crippen LogP contribution in [0.15, 0.2) is 30.7 Å². The average molecular weight is 345 g/mol. The number of hydrogen-bond donors (Lipinski definition) is 1. The molecule has 0 aliphatic carbocycles. The highest BCUT2D eigenvalue weighted by atomic mass is 35.5. The molecule has 1 N–H and O–H groups in total. The quantitative estimate of drug-likeness (QED) is 0.907. The average Bonchev–Trinajstić information content (AvgIpc) is 3.29. The summed E-state index contributed by atoms with van der Waals surface area (Å²) >= 11 is 5.88. The lowest BCUT2D eigenvalue weighted by atomic mass is 10.1. The number of nitrogens with zero attached hydrogens (tertiary/aromatic N) is 3. The van der Waals surface area contributed by atoms with E-state index in [0.717, 1.165) is 12.0 Å². The summed E-state index contributed by atoms with van der Waals surface area (Å²) in [7, 11) is 0. The molecule has 6 nitrogen and oxygen atoms in total. The van der Waals surface area contributed by atoms with E-state index in [1.54, 1.807) is 24.7 Å². The van der Waals surface area contributed by atoms with E-state index in [-0.39, 0.29) is 23.9 Å². The number of aromatic nitrogens is 2. The van der Waals surface area contributed by atoms with Crippen molar-refractivity contribution in [3.05, 3.63) is 52.6 Å². The molecule has 2 amide bonds. The van der Waals surface area contributed by atoms with Gasteiger partial charge in [-0.3, -0.25) is 14.6 Å². The molecule has 2 bridgehead atoms. The predicted molar refractivity (Wildman–Crippen MR) is 89.0 cm³/mol. The number of hydrogen-bond acceptors (Lipinski definition) is 3. The van der Waals surface area contributed by atoms with Gasteiger partial charge < -0.3 is 14.8 Å². The molecule has 0 saturated carbocycles. The van der Waals surface area contributed by atoms with Crippen molar-refractivity contribution < 1.29 is 9.59 Å². The fraction of sp³-hybridized carbons (Fsp3) is 0.353. The van der Waals surface area contributed by atoms with E-state index >= 15 is 0 Å². The van der Waals surface area contributed by atoms with Crippen LogP contribution in [0.1, 0.15) is 32.8 Å². The molecule has 4 rings (SSSR count). The van der Waals surface area contributed by atoms with E-state index in [1.807, 2.05) is 22.8 Å². The minimum absolute atomic E-state index is 0.00289. The number of aryl methyl sites for hydroxylation is 1. The number of nitrogens with one attached hydrogen (secondary N) is 1. The summed E-state index contributed by atoms with van der Waals surface area (Å²) in [6, 6.07) is 3.60. The molecular formula is C17H17ClN4O2. The van der Waals surface area contributed by atoms with Crippen LogP contribution < -0.4 is 0 Å². The second-order valence-corrected chi connectivity index (χ2v) is 6.82. The van der Waals surface area contributed by atoms with Gasteiger partial charge in [-0.25, -0.2) is 0 Å². The van der Waals surface area contributed by atoms with Crippen LogP contribution in [0.3, 0.4) is 0 Å². The Hall–Kier alpha value is -2.34. The summed E-state index contributed by atoms with van der Waals surface area (Å²) < 4.78 is 0. The molecule has 2 fully saturated rings. The molecule has 2 aromatic rings. The Bertz CT molecular complexity index is 818. The standard InChI is InChI=1S/C17H17ClN4O2/c1-10-2-3-19-7-14(10)16(23)21-8-13-5-12(21)9-22(13)17(24)15-4-11(18)6-20-15/h2-4,6-7,12-13,20H,5,8-9H2,1H3/t12-,13-/m0/s1. The van der Waals surface area contributed by atoms with Crippen LogP contribution in [-0.4, -0.2) is 56.8 Å². The normalized spacial score (nSPS) is 22.2. The number of pyridine rings is 1. The second kappa shape index (κ2) is 5.63. The smallest absolute Gasteiger partial charge is 0.270 e. The number of carbonyl (C=O) groups is 2. The van der Waals surface area contributed by atoms with Gasteiger partial charge in [0.1, 0.15) is 5.69 Å². The van der Waals surface area contributed by atoms with Crippen molar-refractivity contribution in [1.82, 2.24) is 19.8 Å². The number of aromatic amines is 1. The molecular weight excluding hydrogens is 328 g/mol. The highest BCUT2D eigenvalue weighted by Gasteiger charge is 2.47. The minimum atomic E-state index is -0.0564. The maximum atomic E-state index is 12.8. The third-order valence-electron chi connectivity index (χ3n) is 4.91. The van der Waals surface area contributed by atoms with Gasteiger partial charge in [0.05, 0.1) is 22.7 Å². The van der Waals surface area contributed by atoms with Crippen molar-refractivity contribution >= 4 is 23.4 Å². The van der Waals surface area contributed by atoms with Crippen LogP contribution >= 0.6 is 11.6 Å². The Morgan fingerprint density at radius 3 is 2.54 bits per heavy atom. The van der Waals surface area contributed by atoms with Crippen LogP contribution in [-0.2, 0) is 0 Å². The number of H-pyrrole nitrogens is 1. The number of carbonyl (C=O) groups excluding carboxylic acids is 2. The summed E-state index contributed by atoms with van der Waals surface area (Å²) in [5.74, 6) is -0.0535. The number of fused-ring (bicyclic) bond motifs is 2. The predicted octanol–water partition coefficient (Wildman–Crippen LogP) is 2.11. The Morgan fingerprint density at radius 2 is 1.96 bits per heavy atom. The Labute approximate surface area is 144 Å². The summed E-state index contributed by atoms with van der Waals surface area (Å²) in [5, 5.41) is 0.520. The molecule has 0 radical (unpaired) electrons. The first kappa shape index (κ1) is 15.2. The van der Waals surface area contributed by atoms with E-state index in [1.165, 1.54) is 0 Å². The maximum absolute atomic E-state index is 12.8. The summed E-state index contributed by atoms with van der Waals surface area (Å²) in [6.07, 6.45) is 5.73. The molecule has 2 aromatic heterocycles. The highest BCUT2D eigenvalue weighted by Crippen LogP contribution is 2.33. The van der Waals surface area contributed by atoms with Crippen molar-refractivity contribution in [2.24, 2.45) is 0 Å². The zero-order valence-electron chi connectivity index (χ0n) is 13.2. The van der Waals surface area contributed by atoms with Gasteiger partial charge >= 0.3 is 0 Å². The van der Waals surface area contributed by atoms with Crippen LogP contribution in [0.25, 0.3) is 0 Å². The highest BCUT2D eigenvalue weighted by molar-refractivity contribution is 6.30. The molecule has 24 heavy (non-hydrogen) atoms. The van der Waals surface area contributed by atoms with Crippen molar-refractivity contribution in [3.63, 3.8) is 0 Å². The van der Waals surface area contributed by atoms with Gasteiger partial charge in [0, 0.05) is 31.7 Å². The second-order valence-electron chi connectivity index (χ2n) is 6.38. The summed E-state index contributed by atoms with van der Waals surface area (Å²) in [6.45, 7) is 3.04. The zero-order chi connectivity index (χ0) is 16.8. The first-order chi connectivity index (χ1) is 11.5. The van der Waals surface area contributed by atoms with Gasteiger partial charge in [-0.2, -0.15) is 0 Å². The Morgan fingerprint density at radius 1 is 1.25 bits per heavy atom. The van der Waals surface area contributed by atoms with E-state index in [0.29, 0.717) is 29.4 Å². The van der Waals surface area contributed by atoms with Gasteiger partial charge in [-0.1, -0.05) is 11.6 Å².